The third kappa shape index (κ3) is 2.85. The van der Waals surface area contributed by atoms with Crippen LogP contribution in [0.2, 0.25) is 0 Å². The topological polar surface area (TPSA) is 82.8 Å². The molecule has 1 heterocycles. The number of nitrogens with zero attached hydrogens (tertiary/aromatic N) is 3. The number of hydrogen-bond acceptors (Lipinski definition) is 5. The van der Waals surface area contributed by atoms with E-state index in [0.717, 1.165) is 24.1 Å². The van der Waals surface area contributed by atoms with Crippen molar-refractivity contribution in [2.45, 2.75) is 6.42 Å². The molecule has 2 bridgehead atoms. The molecule has 1 aliphatic heterocycles. The molecule has 2 amide bonds. The number of amides is 2. The lowest BCUT2D eigenvalue weighted by Gasteiger charge is -2.13. The monoisotopic (exact) mass is 573 g/mol. The highest BCUT2D eigenvalue weighted by molar-refractivity contribution is 14.1. The number of ether oxygens (including phenoxy) is 1. The van der Waals surface area contributed by atoms with Crippen LogP contribution >= 0.6 is 45.2 Å². The van der Waals surface area contributed by atoms with Gasteiger partial charge in [-0.15, -0.1) is 0 Å². The van der Waals surface area contributed by atoms with E-state index in [1.807, 2.05) is 18.2 Å². The molecule has 4 rings (SSSR count). The average molecular weight is 573 g/mol. The highest BCUT2D eigenvalue weighted by atomic mass is 127. The minimum absolute atomic E-state index is 0.0185. The second kappa shape index (κ2) is 6.92. The van der Waals surface area contributed by atoms with Crippen molar-refractivity contribution >= 4 is 63.2 Å². The van der Waals surface area contributed by atoms with Crippen molar-refractivity contribution < 1.29 is 14.3 Å². The van der Waals surface area contributed by atoms with E-state index in [0.29, 0.717) is 5.75 Å². The number of fused-ring (bicyclic) bond motifs is 5. The Hall–Kier alpha value is -1.48. The third-order valence-corrected chi connectivity index (χ3v) is 6.67. The van der Waals surface area contributed by atoms with Gasteiger partial charge in [0.15, 0.2) is 6.61 Å². The smallest absolute Gasteiger partial charge is 0.254 e. The minimum atomic E-state index is -0.239. The van der Waals surface area contributed by atoms with Crippen molar-refractivity contribution in [1.82, 2.24) is 5.01 Å². The first-order valence-electron chi connectivity index (χ1n) is 8.10. The van der Waals surface area contributed by atoms with E-state index in [1.54, 1.807) is 0 Å². The van der Waals surface area contributed by atoms with E-state index in [9.17, 15) is 9.59 Å². The van der Waals surface area contributed by atoms with Crippen molar-refractivity contribution in [2.75, 3.05) is 6.61 Å². The fourth-order valence-corrected chi connectivity index (χ4v) is 6.15. The molecule has 0 spiro atoms. The van der Waals surface area contributed by atoms with E-state index in [2.05, 4.69) is 62.4 Å². The zero-order valence-electron chi connectivity index (χ0n) is 13.4. The number of carbonyl (C=O) groups is 2. The van der Waals surface area contributed by atoms with Crippen molar-refractivity contribution in [1.29, 1.82) is 5.26 Å². The lowest BCUT2D eigenvalue weighted by molar-refractivity contribution is -0.140. The lowest BCUT2D eigenvalue weighted by Crippen LogP contribution is -2.28. The Kier molecular flexibility index (Phi) is 4.77. The first-order chi connectivity index (χ1) is 12.5. The van der Waals surface area contributed by atoms with Gasteiger partial charge in [0.25, 0.3) is 11.8 Å². The first kappa shape index (κ1) is 17.9. The fourth-order valence-electron chi connectivity index (χ4n) is 4.02. The van der Waals surface area contributed by atoms with E-state index >= 15 is 0 Å². The molecule has 6 nitrogen and oxygen atoms in total. The summed E-state index contributed by atoms with van der Waals surface area (Å²) >= 11 is 4.25. The zero-order valence-corrected chi connectivity index (χ0v) is 17.7. The highest BCUT2D eigenvalue weighted by Gasteiger charge is 2.59. The van der Waals surface area contributed by atoms with Gasteiger partial charge in [0.2, 0.25) is 0 Å². The summed E-state index contributed by atoms with van der Waals surface area (Å²) in [7, 11) is 0. The number of carbonyl (C=O) groups excluding carboxylic acids is 2. The summed E-state index contributed by atoms with van der Waals surface area (Å²) < 4.78 is 7.09. The molecule has 0 aromatic heterocycles. The lowest BCUT2D eigenvalue weighted by atomic mass is 9.85. The maximum atomic E-state index is 12.6. The van der Waals surface area contributed by atoms with Gasteiger partial charge in [-0.25, -0.2) is 0 Å². The molecule has 26 heavy (non-hydrogen) atoms. The molecule has 0 unspecified atom stereocenters. The summed E-state index contributed by atoms with van der Waals surface area (Å²) in [6, 6.07) is 5.63. The molecule has 4 atom stereocenters. The predicted molar refractivity (Wildman–Crippen MR) is 110 cm³/mol. The fraction of sp³-hybridized carbons (Fsp3) is 0.333. The second-order valence-corrected chi connectivity index (χ2v) is 8.82. The maximum absolute atomic E-state index is 12.6. The number of imide groups is 1. The average Bonchev–Trinajstić information content (AvgIpc) is 3.27. The number of hydrogen-bond donors (Lipinski definition) is 0. The summed E-state index contributed by atoms with van der Waals surface area (Å²) in [4.78, 5) is 25.2. The summed E-state index contributed by atoms with van der Waals surface area (Å²) in [5.41, 5.74) is 0.766. The molecule has 8 heteroatoms. The van der Waals surface area contributed by atoms with E-state index in [-0.39, 0.29) is 42.1 Å². The van der Waals surface area contributed by atoms with Crippen LogP contribution in [0.3, 0.4) is 0 Å². The number of halogens is 2. The molecular weight excluding hydrogens is 560 g/mol. The Labute approximate surface area is 177 Å². The highest BCUT2D eigenvalue weighted by Crippen LogP contribution is 2.52. The number of benzene rings is 1. The van der Waals surface area contributed by atoms with Crippen LogP contribution in [0.4, 0.5) is 0 Å². The molecule has 0 radical (unpaired) electrons. The minimum Gasteiger partial charge on any atom is -0.477 e. The Morgan fingerprint density at radius 1 is 1.19 bits per heavy atom. The molecule has 1 aromatic rings. The summed E-state index contributed by atoms with van der Waals surface area (Å²) in [6.45, 7) is -0.0185. The van der Waals surface area contributed by atoms with Crippen LogP contribution in [-0.4, -0.2) is 29.6 Å². The Bertz CT molecular complexity index is 852. The molecule has 132 valence electrons. The number of nitriles is 1. The van der Waals surface area contributed by atoms with Gasteiger partial charge in [0.1, 0.15) is 11.8 Å². The number of rotatable bonds is 4. The van der Waals surface area contributed by atoms with Gasteiger partial charge in [-0.1, -0.05) is 12.2 Å². The van der Waals surface area contributed by atoms with Crippen molar-refractivity contribution in [3.8, 4) is 11.8 Å². The van der Waals surface area contributed by atoms with Gasteiger partial charge in [0, 0.05) is 0 Å². The van der Waals surface area contributed by atoms with E-state index in [4.69, 9.17) is 10.00 Å². The Morgan fingerprint density at radius 2 is 1.77 bits per heavy atom. The molecule has 1 saturated carbocycles. The van der Waals surface area contributed by atoms with Crippen LogP contribution in [0.15, 0.2) is 29.4 Å². The van der Waals surface area contributed by atoms with Gasteiger partial charge >= 0.3 is 0 Å². The van der Waals surface area contributed by atoms with Gasteiger partial charge in [-0.3, -0.25) is 9.59 Å². The summed E-state index contributed by atoms with van der Waals surface area (Å²) in [6.07, 6.45) is 6.57. The molecule has 1 aromatic carbocycles. The zero-order chi connectivity index (χ0) is 18.4. The Morgan fingerprint density at radius 3 is 2.31 bits per heavy atom. The SMILES string of the molecule is N#CCOc1c(I)cc(C=NN2C(=O)[C@@H]3[C@H](C2=O)[C@H]2C=C[C@H]3C2)cc1I. The predicted octanol–water partition coefficient (Wildman–Crippen LogP) is 2.94. The molecule has 1 saturated heterocycles. The Balaban J connectivity index is 1.55. The largest absolute Gasteiger partial charge is 0.477 e. The van der Waals surface area contributed by atoms with Crippen molar-refractivity contribution in [3.63, 3.8) is 0 Å². The number of hydrazone groups is 1. The maximum Gasteiger partial charge on any atom is 0.254 e. The van der Waals surface area contributed by atoms with Gasteiger partial charge < -0.3 is 4.74 Å². The van der Waals surface area contributed by atoms with Gasteiger partial charge in [-0.05, 0) is 81.1 Å². The molecule has 0 N–H and O–H groups in total. The van der Waals surface area contributed by atoms with Crippen LogP contribution in [0.5, 0.6) is 5.75 Å². The third-order valence-electron chi connectivity index (χ3n) is 5.07. The van der Waals surface area contributed by atoms with Crippen LogP contribution < -0.4 is 4.74 Å². The van der Waals surface area contributed by atoms with Gasteiger partial charge in [-0.2, -0.15) is 15.4 Å². The summed E-state index contributed by atoms with van der Waals surface area (Å²) in [5, 5.41) is 13.9. The summed E-state index contributed by atoms with van der Waals surface area (Å²) in [5.74, 6) is 0.155. The second-order valence-electron chi connectivity index (χ2n) is 6.49. The molecule has 3 aliphatic rings. The van der Waals surface area contributed by atoms with Crippen LogP contribution in [-0.2, 0) is 9.59 Å². The molecule has 2 fully saturated rings. The first-order valence-corrected chi connectivity index (χ1v) is 10.3. The van der Waals surface area contributed by atoms with Crippen molar-refractivity contribution in [2.24, 2.45) is 28.8 Å². The number of allylic oxidation sites excluding steroid dienone is 2. The standard InChI is InChI=1S/C18H13I2N3O3/c19-12-5-9(6-13(20)16(12)26-4-3-21)8-22-23-17(24)14-10-1-2-11(7-10)15(14)18(23)25/h1-2,5-6,8,10-11,14-15H,4,7H2/t10-,11-,14-,15+/m0/s1. The van der Waals surface area contributed by atoms with Gasteiger partial charge in [0.05, 0.1) is 25.2 Å². The van der Waals surface area contributed by atoms with Crippen LogP contribution in [0.1, 0.15) is 12.0 Å². The quantitative estimate of drug-likeness (QED) is 0.240. The van der Waals surface area contributed by atoms with E-state index in [1.165, 1.54) is 6.21 Å². The molecule has 2 aliphatic carbocycles. The van der Waals surface area contributed by atoms with Crippen molar-refractivity contribution in [3.05, 3.63) is 37.0 Å². The molecular formula is C18H13I2N3O3. The van der Waals surface area contributed by atoms with Crippen LogP contribution in [0, 0.1) is 42.1 Å². The normalized spacial score (nSPS) is 28.9. The van der Waals surface area contributed by atoms with Crippen LogP contribution in [0.25, 0.3) is 0 Å². The van der Waals surface area contributed by atoms with E-state index < -0.39 is 0 Å².